The number of hydrogen-bond acceptors (Lipinski definition) is 3. The van der Waals surface area contributed by atoms with E-state index in [2.05, 4.69) is 22.2 Å². The molecule has 0 aliphatic heterocycles. The summed E-state index contributed by atoms with van der Waals surface area (Å²) in [5.74, 6) is 0.276. The van der Waals surface area contributed by atoms with Gasteiger partial charge < -0.3 is 5.11 Å². The average Bonchev–Trinajstić information content (AvgIpc) is 2.92. The zero-order valence-corrected chi connectivity index (χ0v) is 13.2. The highest BCUT2D eigenvalue weighted by molar-refractivity contribution is 6.39. The maximum Gasteiger partial charge on any atom is 0.115 e. The fraction of sp³-hybridized carbons (Fsp3) is 0.111. The summed E-state index contributed by atoms with van der Waals surface area (Å²) in [6.45, 7) is 0. The van der Waals surface area contributed by atoms with E-state index in [1.807, 2.05) is 25.2 Å². The van der Waals surface area contributed by atoms with Crippen molar-refractivity contribution < 1.29 is 5.11 Å². The van der Waals surface area contributed by atoms with Crippen molar-refractivity contribution in [1.82, 2.24) is 14.8 Å². The normalized spacial score (nSPS) is 11.4. The summed E-state index contributed by atoms with van der Waals surface area (Å²) < 4.78 is 1.75. The maximum absolute atomic E-state index is 9.37. The summed E-state index contributed by atoms with van der Waals surface area (Å²) >= 11 is 6.58. The predicted molar refractivity (Wildman–Crippen MR) is 91.9 cm³/mol. The minimum atomic E-state index is 0.276. The molecular weight excluding hydrogens is 310 g/mol. The lowest BCUT2D eigenvalue weighted by Gasteiger charge is -2.07. The number of aromatic hydroxyl groups is 1. The van der Waals surface area contributed by atoms with E-state index in [-0.39, 0.29) is 5.75 Å². The number of rotatable bonds is 2. The highest BCUT2D eigenvalue weighted by Gasteiger charge is 2.11. The first-order chi connectivity index (χ1) is 11.1. The van der Waals surface area contributed by atoms with E-state index in [0.29, 0.717) is 5.02 Å². The third kappa shape index (κ3) is 2.41. The van der Waals surface area contributed by atoms with Crippen LogP contribution >= 0.6 is 11.6 Å². The van der Waals surface area contributed by atoms with Gasteiger partial charge in [-0.05, 0) is 41.8 Å². The quantitative estimate of drug-likeness (QED) is 0.605. The second-order valence-electron chi connectivity index (χ2n) is 5.62. The molecule has 2 aromatic heterocycles. The fourth-order valence-electron chi connectivity index (χ4n) is 2.84. The lowest BCUT2D eigenvalue weighted by molar-refractivity contribution is 0.475. The molecule has 4 aromatic rings. The van der Waals surface area contributed by atoms with Crippen LogP contribution in [0.1, 0.15) is 11.1 Å². The number of aryl methyl sites for hydroxylation is 1. The highest BCUT2D eigenvalue weighted by Crippen LogP contribution is 2.31. The van der Waals surface area contributed by atoms with Gasteiger partial charge >= 0.3 is 0 Å². The predicted octanol–water partition coefficient (Wildman–Crippen LogP) is 4.07. The molecule has 0 unspecified atom stereocenters. The van der Waals surface area contributed by atoms with Crippen LogP contribution in [0, 0.1) is 0 Å². The van der Waals surface area contributed by atoms with E-state index in [4.69, 9.17) is 11.6 Å². The number of fused-ring (bicyclic) bond motifs is 2. The molecule has 0 bridgehead atoms. The van der Waals surface area contributed by atoms with E-state index < -0.39 is 0 Å². The number of pyridine rings is 1. The largest absolute Gasteiger partial charge is 0.508 e. The monoisotopic (exact) mass is 323 g/mol. The van der Waals surface area contributed by atoms with Crippen LogP contribution < -0.4 is 0 Å². The highest BCUT2D eigenvalue weighted by atomic mass is 35.5. The van der Waals surface area contributed by atoms with Gasteiger partial charge in [-0.3, -0.25) is 4.68 Å². The summed E-state index contributed by atoms with van der Waals surface area (Å²) in [6, 6.07) is 13.4. The molecule has 1 N–H and O–H groups in total. The Morgan fingerprint density at radius 2 is 1.78 bits per heavy atom. The van der Waals surface area contributed by atoms with Crippen LogP contribution in [-0.4, -0.2) is 19.9 Å². The van der Waals surface area contributed by atoms with Crippen LogP contribution in [-0.2, 0) is 13.5 Å². The number of hydrogen-bond donors (Lipinski definition) is 1. The van der Waals surface area contributed by atoms with Crippen LogP contribution in [0.2, 0.25) is 5.02 Å². The molecule has 114 valence electrons. The maximum atomic E-state index is 9.37. The lowest BCUT2D eigenvalue weighted by Crippen LogP contribution is -1.93. The Balaban J connectivity index is 1.83. The van der Waals surface area contributed by atoms with Gasteiger partial charge in [0.25, 0.3) is 0 Å². The van der Waals surface area contributed by atoms with Crippen LogP contribution in [0.4, 0.5) is 0 Å². The topological polar surface area (TPSA) is 50.9 Å². The number of halogens is 1. The van der Waals surface area contributed by atoms with Crippen molar-refractivity contribution in [2.75, 3.05) is 0 Å². The number of aromatic nitrogens is 3. The molecule has 0 atom stereocenters. The Kier molecular flexibility index (Phi) is 3.20. The Morgan fingerprint density at radius 3 is 2.57 bits per heavy atom. The van der Waals surface area contributed by atoms with Crippen molar-refractivity contribution in [3.8, 4) is 5.75 Å². The van der Waals surface area contributed by atoms with Crippen LogP contribution in [0.25, 0.3) is 21.9 Å². The molecule has 0 radical (unpaired) electrons. The molecule has 2 aromatic carbocycles. The third-order valence-electron chi connectivity index (χ3n) is 4.01. The summed E-state index contributed by atoms with van der Waals surface area (Å²) in [5, 5.41) is 15.2. The SMILES string of the molecule is Cn1ncc2nc3ccc(Cc4ccc(O)cc4)cc3c(Cl)c21. The van der Waals surface area contributed by atoms with Gasteiger partial charge in [-0.15, -0.1) is 0 Å². The van der Waals surface area contributed by atoms with E-state index >= 15 is 0 Å². The van der Waals surface area contributed by atoms with Gasteiger partial charge in [0, 0.05) is 12.4 Å². The molecule has 0 saturated heterocycles. The number of benzene rings is 2. The summed E-state index contributed by atoms with van der Waals surface area (Å²) in [7, 11) is 1.86. The molecule has 0 saturated carbocycles. The van der Waals surface area contributed by atoms with Crippen molar-refractivity contribution >= 4 is 33.5 Å². The first-order valence-electron chi connectivity index (χ1n) is 7.29. The molecule has 0 aliphatic rings. The minimum Gasteiger partial charge on any atom is -0.508 e. The number of phenols is 1. The van der Waals surface area contributed by atoms with Crippen molar-refractivity contribution in [3.63, 3.8) is 0 Å². The van der Waals surface area contributed by atoms with Gasteiger partial charge in [0.2, 0.25) is 0 Å². The Morgan fingerprint density at radius 1 is 1.04 bits per heavy atom. The van der Waals surface area contributed by atoms with E-state index in [1.165, 1.54) is 0 Å². The first kappa shape index (κ1) is 14.0. The Labute approximate surface area is 138 Å². The molecule has 4 rings (SSSR count). The summed E-state index contributed by atoms with van der Waals surface area (Å²) in [4.78, 5) is 4.62. The van der Waals surface area contributed by atoms with Crippen LogP contribution in [0.5, 0.6) is 5.75 Å². The van der Waals surface area contributed by atoms with Gasteiger partial charge in [0.1, 0.15) is 16.8 Å². The standard InChI is InChI=1S/C18H14ClN3O/c1-22-18-16(10-20-22)21-15-7-4-12(9-14(15)17(18)19)8-11-2-5-13(23)6-3-11/h2-7,9-10,23H,8H2,1H3. The van der Waals surface area contributed by atoms with Crippen LogP contribution in [0.15, 0.2) is 48.7 Å². The first-order valence-corrected chi connectivity index (χ1v) is 7.67. The third-order valence-corrected chi connectivity index (χ3v) is 4.39. The molecule has 0 aliphatic carbocycles. The van der Waals surface area contributed by atoms with E-state index in [0.717, 1.165) is 39.5 Å². The summed E-state index contributed by atoms with van der Waals surface area (Å²) in [5.41, 5.74) is 4.79. The second kappa shape index (κ2) is 5.25. The molecule has 0 amide bonds. The number of phenolic OH excluding ortho intramolecular Hbond substituents is 1. The summed E-state index contributed by atoms with van der Waals surface area (Å²) in [6.07, 6.45) is 2.50. The van der Waals surface area contributed by atoms with Gasteiger partial charge in [0.15, 0.2) is 0 Å². The fourth-order valence-corrected chi connectivity index (χ4v) is 3.21. The van der Waals surface area contributed by atoms with Gasteiger partial charge in [0.05, 0.1) is 16.7 Å². The van der Waals surface area contributed by atoms with Crippen LogP contribution in [0.3, 0.4) is 0 Å². The van der Waals surface area contributed by atoms with Gasteiger partial charge in [-0.25, -0.2) is 4.98 Å². The molecular formula is C18H14ClN3O. The lowest BCUT2D eigenvalue weighted by atomic mass is 10.0. The van der Waals surface area contributed by atoms with Crippen molar-refractivity contribution in [2.24, 2.45) is 7.05 Å². The smallest absolute Gasteiger partial charge is 0.115 e. The molecule has 4 nitrogen and oxygen atoms in total. The average molecular weight is 324 g/mol. The molecule has 23 heavy (non-hydrogen) atoms. The Hall–Kier alpha value is -2.59. The zero-order chi connectivity index (χ0) is 16.0. The molecule has 0 spiro atoms. The van der Waals surface area contributed by atoms with Crippen molar-refractivity contribution in [2.45, 2.75) is 6.42 Å². The van der Waals surface area contributed by atoms with E-state index in [1.54, 1.807) is 23.0 Å². The Bertz CT molecular complexity index is 1020. The molecule has 5 heteroatoms. The minimum absolute atomic E-state index is 0.276. The molecule has 0 fully saturated rings. The zero-order valence-electron chi connectivity index (χ0n) is 12.5. The second-order valence-corrected chi connectivity index (χ2v) is 6.00. The molecule has 2 heterocycles. The van der Waals surface area contributed by atoms with Crippen molar-refractivity contribution in [3.05, 3.63) is 64.8 Å². The van der Waals surface area contributed by atoms with Crippen molar-refractivity contribution in [1.29, 1.82) is 0 Å². The van der Waals surface area contributed by atoms with E-state index in [9.17, 15) is 5.11 Å². The number of nitrogens with zero attached hydrogens (tertiary/aromatic N) is 3. The van der Waals surface area contributed by atoms with Gasteiger partial charge in [-0.1, -0.05) is 29.8 Å². The van der Waals surface area contributed by atoms with Gasteiger partial charge in [-0.2, -0.15) is 5.10 Å².